The summed E-state index contributed by atoms with van der Waals surface area (Å²) in [5, 5.41) is 0. The van der Waals surface area contributed by atoms with E-state index >= 15 is 0 Å². The molecule has 0 radical (unpaired) electrons. The van der Waals surface area contributed by atoms with Crippen molar-refractivity contribution in [3.8, 4) is 0 Å². The largest absolute Gasteiger partial charge is 0.308 e. The zero-order valence-electron chi connectivity index (χ0n) is 14.2. The zero-order valence-corrected chi connectivity index (χ0v) is 15.0. The standard InChI is InChI=1S/C20H23NO3S/c22-20(12-11-18-13-14-25(23,24)16-18)21(19-9-5-2-6-10-19)15-17-7-3-1-4-8-17/h1-10,18H,11-16H2. The average Bonchev–Trinajstić information content (AvgIpc) is 2.98. The fourth-order valence-electron chi connectivity index (χ4n) is 3.26. The maximum Gasteiger partial charge on any atom is 0.227 e. The molecule has 0 saturated carbocycles. The molecule has 0 aliphatic carbocycles. The molecule has 132 valence electrons. The van der Waals surface area contributed by atoms with E-state index in [-0.39, 0.29) is 23.3 Å². The molecule has 1 heterocycles. The van der Waals surface area contributed by atoms with Gasteiger partial charge in [-0.25, -0.2) is 8.42 Å². The molecule has 2 aromatic rings. The van der Waals surface area contributed by atoms with Crippen molar-refractivity contribution in [1.29, 1.82) is 0 Å². The first-order valence-electron chi connectivity index (χ1n) is 8.63. The molecule has 2 aromatic carbocycles. The summed E-state index contributed by atoms with van der Waals surface area (Å²) in [4.78, 5) is 14.6. The molecular weight excluding hydrogens is 334 g/mol. The lowest BCUT2D eigenvalue weighted by atomic mass is 10.0. The van der Waals surface area contributed by atoms with Crippen LogP contribution in [0.2, 0.25) is 0 Å². The summed E-state index contributed by atoms with van der Waals surface area (Å²) in [7, 11) is -2.89. The van der Waals surface area contributed by atoms with Crippen molar-refractivity contribution in [2.24, 2.45) is 5.92 Å². The van der Waals surface area contributed by atoms with E-state index in [2.05, 4.69) is 0 Å². The second-order valence-corrected chi connectivity index (χ2v) is 8.84. The van der Waals surface area contributed by atoms with Crippen molar-refractivity contribution >= 4 is 21.4 Å². The van der Waals surface area contributed by atoms with Crippen LogP contribution in [-0.2, 0) is 21.2 Å². The molecular formula is C20H23NO3S. The van der Waals surface area contributed by atoms with Crippen LogP contribution >= 0.6 is 0 Å². The second kappa shape index (κ2) is 7.83. The first kappa shape index (κ1) is 17.7. The molecule has 0 bridgehead atoms. The summed E-state index contributed by atoms with van der Waals surface area (Å²) in [5.74, 6) is 0.644. The Morgan fingerprint density at radius 2 is 1.64 bits per heavy atom. The molecule has 3 rings (SSSR count). The molecule has 1 aliphatic rings. The highest BCUT2D eigenvalue weighted by Crippen LogP contribution is 2.25. The molecule has 25 heavy (non-hydrogen) atoms. The predicted molar refractivity (Wildman–Crippen MR) is 100 cm³/mol. The molecule has 1 unspecified atom stereocenters. The number of para-hydroxylation sites is 1. The van der Waals surface area contributed by atoms with Crippen molar-refractivity contribution in [2.75, 3.05) is 16.4 Å². The Kier molecular flexibility index (Phi) is 5.53. The summed E-state index contributed by atoms with van der Waals surface area (Å²) in [5.41, 5.74) is 1.94. The summed E-state index contributed by atoms with van der Waals surface area (Å²) < 4.78 is 23.2. The lowest BCUT2D eigenvalue weighted by molar-refractivity contribution is -0.119. The van der Waals surface area contributed by atoms with Crippen LogP contribution < -0.4 is 4.90 Å². The van der Waals surface area contributed by atoms with E-state index in [1.54, 1.807) is 4.90 Å². The highest BCUT2D eigenvalue weighted by atomic mass is 32.2. The topological polar surface area (TPSA) is 54.5 Å². The van der Waals surface area contributed by atoms with Gasteiger partial charge in [0.25, 0.3) is 0 Å². The average molecular weight is 357 g/mol. The van der Waals surface area contributed by atoms with E-state index < -0.39 is 9.84 Å². The number of nitrogens with zero attached hydrogens (tertiary/aromatic N) is 1. The smallest absolute Gasteiger partial charge is 0.227 e. The third-order valence-electron chi connectivity index (χ3n) is 4.65. The Bertz CT molecular complexity index is 803. The lowest BCUT2D eigenvalue weighted by Crippen LogP contribution is -2.30. The van der Waals surface area contributed by atoms with E-state index in [1.807, 2.05) is 60.7 Å². The van der Waals surface area contributed by atoms with Crippen LogP contribution in [0, 0.1) is 5.92 Å². The molecule has 1 saturated heterocycles. The maximum absolute atomic E-state index is 12.8. The quantitative estimate of drug-likeness (QED) is 0.796. The fraction of sp³-hybridized carbons (Fsp3) is 0.350. The van der Waals surface area contributed by atoms with Crippen molar-refractivity contribution < 1.29 is 13.2 Å². The highest BCUT2D eigenvalue weighted by Gasteiger charge is 2.28. The minimum atomic E-state index is -2.89. The van der Waals surface area contributed by atoms with Gasteiger partial charge in [0, 0.05) is 12.1 Å². The number of rotatable bonds is 6. The zero-order chi connectivity index (χ0) is 17.7. The summed E-state index contributed by atoms with van der Waals surface area (Å²) in [6.07, 6.45) is 1.69. The van der Waals surface area contributed by atoms with Gasteiger partial charge in [0.1, 0.15) is 0 Å². The van der Waals surface area contributed by atoms with Crippen molar-refractivity contribution in [3.63, 3.8) is 0 Å². The molecule has 1 aliphatic heterocycles. The third kappa shape index (κ3) is 4.92. The van der Waals surface area contributed by atoms with Gasteiger partial charge >= 0.3 is 0 Å². The number of anilines is 1. The van der Waals surface area contributed by atoms with Crippen LogP contribution in [0.15, 0.2) is 60.7 Å². The predicted octanol–water partition coefficient (Wildman–Crippen LogP) is 3.43. The summed E-state index contributed by atoms with van der Waals surface area (Å²) >= 11 is 0. The van der Waals surface area contributed by atoms with Gasteiger partial charge in [0.05, 0.1) is 18.1 Å². The molecule has 4 nitrogen and oxygen atoms in total. The van der Waals surface area contributed by atoms with Crippen molar-refractivity contribution in [2.45, 2.75) is 25.8 Å². The van der Waals surface area contributed by atoms with Gasteiger partial charge in [-0.15, -0.1) is 0 Å². The minimum absolute atomic E-state index is 0.0411. The van der Waals surface area contributed by atoms with Crippen molar-refractivity contribution in [1.82, 2.24) is 0 Å². The van der Waals surface area contributed by atoms with Crippen LogP contribution in [0.5, 0.6) is 0 Å². The third-order valence-corrected chi connectivity index (χ3v) is 6.48. The number of carbonyl (C=O) groups excluding carboxylic acids is 1. The number of sulfone groups is 1. The highest BCUT2D eigenvalue weighted by molar-refractivity contribution is 7.91. The lowest BCUT2D eigenvalue weighted by Gasteiger charge is -2.23. The van der Waals surface area contributed by atoms with E-state index in [1.165, 1.54) is 0 Å². The van der Waals surface area contributed by atoms with Gasteiger partial charge in [-0.2, -0.15) is 0 Å². The monoisotopic (exact) mass is 357 g/mol. The van der Waals surface area contributed by atoms with Crippen LogP contribution in [0.3, 0.4) is 0 Å². The van der Waals surface area contributed by atoms with Gasteiger partial charge in [0.15, 0.2) is 9.84 Å². The number of amides is 1. The van der Waals surface area contributed by atoms with Crippen molar-refractivity contribution in [3.05, 3.63) is 66.2 Å². The second-order valence-electron chi connectivity index (χ2n) is 6.61. The van der Waals surface area contributed by atoms with Gasteiger partial charge in [-0.05, 0) is 36.5 Å². The maximum atomic E-state index is 12.8. The van der Waals surface area contributed by atoms with Gasteiger partial charge in [-0.1, -0.05) is 48.5 Å². The Morgan fingerprint density at radius 1 is 1.00 bits per heavy atom. The van der Waals surface area contributed by atoms with Crippen LogP contribution in [0.4, 0.5) is 5.69 Å². The van der Waals surface area contributed by atoms with Crippen LogP contribution in [0.25, 0.3) is 0 Å². The van der Waals surface area contributed by atoms with Gasteiger partial charge in [-0.3, -0.25) is 4.79 Å². The Labute approximate surface area is 149 Å². The van der Waals surface area contributed by atoms with E-state index in [0.29, 0.717) is 25.8 Å². The summed E-state index contributed by atoms with van der Waals surface area (Å²) in [6, 6.07) is 19.5. The van der Waals surface area contributed by atoms with Gasteiger partial charge < -0.3 is 4.90 Å². The number of carbonyl (C=O) groups is 1. The molecule has 1 atom stereocenters. The Hall–Kier alpha value is -2.14. The first-order valence-corrected chi connectivity index (χ1v) is 10.5. The first-order chi connectivity index (χ1) is 12.0. The van der Waals surface area contributed by atoms with Crippen LogP contribution in [-0.4, -0.2) is 25.8 Å². The minimum Gasteiger partial charge on any atom is -0.308 e. The molecule has 0 aromatic heterocycles. The van der Waals surface area contributed by atoms with Gasteiger partial charge in [0.2, 0.25) is 5.91 Å². The number of benzene rings is 2. The number of hydrogen-bond acceptors (Lipinski definition) is 3. The fourth-order valence-corrected chi connectivity index (χ4v) is 5.17. The Morgan fingerprint density at radius 3 is 2.24 bits per heavy atom. The normalized spacial score (nSPS) is 18.8. The molecule has 5 heteroatoms. The molecule has 0 spiro atoms. The van der Waals surface area contributed by atoms with Crippen LogP contribution in [0.1, 0.15) is 24.8 Å². The molecule has 0 N–H and O–H groups in total. The summed E-state index contributed by atoms with van der Waals surface area (Å²) in [6.45, 7) is 0.520. The SMILES string of the molecule is O=C(CCC1CCS(=O)(=O)C1)N(Cc1ccccc1)c1ccccc1. The van der Waals surface area contributed by atoms with E-state index in [4.69, 9.17) is 0 Å². The Balaban J connectivity index is 1.69. The van der Waals surface area contributed by atoms with E-state index in [9.17, 15) is 13.2 Å². The molecule has 1 fully saturated rings. The molecule has 1 amide bonds. The number of hydrogen-bond donors (Lipinski definition) is 0. The van der Waals surface area contributed by atoms with E-state index in [0.717, 1.165) is 11.3 Å².